The first-order chi connectivity index (χ1) is 10.7. The standard InChI is InChI=1S/C16H22N4OS.HI/c1-13-11-18-15(22-13)12-19-16(17-2)20(3)9-10-21-14-7-5-4-6-8-14;/h4-8,11H,9-10,12H2,1-3H3,(H,17,19);1H. The van der Waals surface area contributed by atoms with Crippen molar-refractivity contribution in [1.82, 2.24) is 15.2 Å². The van der Waals surface area contributed by atoms with Crippen molar-refractivity contribution in [2.75, 3.05) is 27.2 Å². The average molecular weight is 446 g/mol. The minimum absolute atomic E-state index is 0. The van der Waals surface area contributed by atoms with E-state index in [0.717, 1.165) is 23.3 Å². The van der Waals surface area contributed by atoms with E-state index in [1.165, 1.54) is 4.88 Å². The van der Waals surface area contributed by atoms with Crippen LogP contribution < -0.4 is 10.1 Å². The third-order valence-electron chi connectivity index (χ3n) is 3.08. The molecule has 5 nitrogen and oxygen atoms in total. The molecule has 0 aliphatic carbocycles. The molecule has 0 saturated carbocycles. The van der Waals surface area contributed by atoms with Gasteiger partial charge in [-0.25, -0.2) is 4.98 Å². The molecule has 7 heteroatoms. The van der Waals surface area contributed by atoms with Crippen LogP contribution in [-0.4, -0.2) is 43.1 Å². The predicted molar refractivity (Wildman–Crippen MR) is 107 cm³/mol. The molecular formula is C16H23IN4OS. The van der Waals surface area contributed by atoms with Gasteiger partial charge in [0.25, 0.3) is 0 Å². The molecule has 126 valence electrons. The number of guanidine groups is 1. The fourth-order valence-corrected chi connectivity index (χ4v) is 2.67. The molecule has 1 heterocycles. The first-order valence-electron chi connectivity index (χ1n) is 7.20. The van der Waals surface area contributed by atoms with Gasteiger partial charge in [-0.3, -0.25) is 4.99 Å². The Labute approximate surface area is 158 Å². The number of para-hydroxylation sites is 1. The smallest absolute Gasteiger partial charge is 0.193 e. The van der Waals surface area contributed by atoms with Crippen LogP contribution in [0.15, 0.2) is 41.5 Å². The predicted octanol–water partition coefficient (Wildman–Crippen LogP) is 3.16. The van der Waals surface area contributed by atoms with Crippen molar-refractivity contribution in [3.63, 3.8) is 0 Å². The van der Waals surface area contributed by atoms with E-state index in [1.807, 2.05) is 48.5 Å². The number of hydrogen-bond acceptors (Lipinski definition) is 4. The Hall–Kier alpha value is -1.35. The van der Waals surface area contributed by atoms with Gasteiger partial charge in [-0.15, -0.1) is 35.3 Å². The number of halogens is 1. The van der Waals surface area contributed by atoms with Crippen LogP contribution in [0, 0.1) is 6.92 Å². The summed E-state index contributed by atoms with van der Waals surface area (Å²) >= 11 is 1.70. The van der Waals surface area contributed by atoms with E-state index in [2.05, 4.69) is 22.2 Å². The third kappa shape index (κ3) is 6.74. The van der Waals surface area contributed by atoms with Crippen molar-refractivity contribution >= 4 is 41.3 Å². The normalized spacial score (nSPS) is 10.8. The largest absolute Gasteiger partial charge is 0.492 e. The van der Waals surface area contributed by atoms with E-state index in [9.17, 15) is 0 Å². The molecule has 0 unspecified atom stereocenters. The molecule has 23 heavy (non-hydrogen) atoms. The Bertz CT molecular complexity index is 603. The summed E-state index contributed by atoms with van der Waals surface area (Å²) in [5.41, 5.74) is 0. The van der Waals surface area contributed by atoms with E-state index in [4.69, 9.17) is 4.74 Å². The summed E-state index contributed by atoms with van der Waals surface area (Å²) in [6.45, 7) is 4.11. The highest BCUT2D eigenvalue weighted by Gasteiger charge is 2.07. The zero-order chi connectivity index (χ0) is 15.8. The van der Waals surface area contributed by atoms with Crippen molar-refractivity contribution < 1.29 is 4.74 Å². The maximum Gasteiger partial charge on any atom is 0.193 e. The lowest BCUT2D eigenvalue weighted by molar-refractivity contribution is 0.281. The Morgan fingerprint density at radius 2 is 2.09 bits per heavy atom. The van der Waals surface area contributed by atoms with Crippen molar-refractivity contribution in [1.29, 1.82) is 0 Å². The zero-order valence-corrected chi connectivity index (χ0v) is 16.8. The molecule has 2 aromatic rings. The van der Waals surface area contributed by atoms with Crippen LogP contribution in [0.4, 0.5) is 0 Å². The maximum absolute atomic E-state index is 5.70. The maximum atomic E-state index is 5.70. The molecule has 1 aromatic carbocycles. The van der Waals surface area contributed by atoms with Gasteiger partial charge >= 0.3 is 0 Å². The topological polar surface area (TPSA) is 49.8 Å². The van der Waals surface area contributed by atoms with E-state index in [1.54, 1.807) is 18.4 Å². The summed E-state index contributed by atoms with van der Waals surface area (Å²) in [5, 5.41) is 4.38. The molecule has 0 radical (unpaired) electrons. The number of aromatic nitrogens is 1. The van der Waals surface area contributed by atoms with Crippen LogP contribution in [-0.2, 0) is 6.54 Å². The molecule has 0 amide bonds. The minimum Gasteiger partial charge on any atom is -0.492 e. The molecule has 0 bridgehead atoms. The number of hydrogen-bond donors (Lipinski definition) is 1. The van der Waals surface area contributed by atoms with Crippen LogP contribution in [0.3, 0.4) is 0 Å². The number of ether oxygens (including phenoxy) is 1. The Balaban J connectivity index is 0.00000264. The van der Waals surface area contributed by atoms with Crippen LogP contribution in [0.25, 0.3) is 0 Å². The third-order valence-corrected chi connectivity index (χ3v) is 3.99. The number of thiazole rings is 1. The molecule has 0 atom stereocenters. The average Bonchev–Trinajstić information content (AvgIpc) is 2.94. The van der Waals surface area contributed by atoms with Crippen LogP contribution in [0.5, 0.6) is 5.75 Å². The first kappa shape index (κ1) is 19.7. The SMILES string of the molecule is CN=C(NCc1ncc(C)s1)N(C)CCOc1ccccc1.I. The van der Waals surface area contributed by atoms with Gasteiger partial charge in [0.2, 0.25) is 0 Å². The van der Waals surface area contributed by atoms with Crippen LogP contribution in [0.1, 0.15) is 9.88 Å². The Kier molecular flexibility index (Phi) is 8.93. The molecule has 0 aliphatic heterocycles. The number of likely N-dealkylation sites (N-methyl/N-ethyl adjacent to an activating group) is 1. The van der Waals surface area contributed by atoms with Gasteiger partial charge in [-0.1, -0.05) is 18.2 Å². The molecule has 1 N–H and O–H groups in total. The van der Waals surface area contributed by atoms with E-state index < -0.39 is 0 Å². The lowest BCUT2D eigenvalue weighted by Gasteiger charge is -2.21. The van der Waals surface area contributed by atoms with Gasteiger partial charge in [0.15, 0.2) is 5.96 Å². The lowest BCUT2D eigenvalue weighted by atomic mass is 10.3. The second-order valence-electron chi connectivity index (χ2n) is 4.85. The summed E-state index contributed by atoms with van der Waals surface area (Å²) in [6, 6.07) is 9.83. The quantitative estimate of drug-likeness (QED) is 0.421. The minimum atomic E-state index is 0. The summed E-state index contributed by atoms with van der Waals surface area (Å²) in [5.74, 6) is 1.72. The molecule has 0 aliphatic rings. The van der Waals surface area contributed by atoms with Gasteiger partial charge in [0, 0.05) is 25.2 Å². The fraction of sp³-hybridized carbons (Fsp3) is 0.375. The number of nitrogens with one attached hydrogen (secondary N) is 1. The summed E-state index contributed by atoms with van der Waals surface area (Å²) in [7, 11) is 3.78. The highest BCUT2D eigenvalue weighted by molar-refractivity contribution is 14.0. The molecule has 0 saturated heterocycles. The van der Waals surface area contributed by atoms with Crippen LogP contribution >= 0.6 is 35.3 Å². The van der Waals surface area contributed by atoms with Crippen LogP contribution in [0.2, 0.25) is 0 Å². The van der Waals surface area contributed by atoms with Gasteiger partial charge in [0.05, 0.1) is 13.1 Å². The fourth-order valence-electron chi connectivity index (χ4n) is 1.95. The van der Waals surface area contributed by atoms with E-state index >= 15 is 0 Å². The number of aryl methyl sites for hydroxylation is 1. The Morgan fingerprint density at radius 1 is 1.35 bits per heavy atom. The number of rotatable bonds is 6. The number of aliphatic imine (C=N–C) groups is 1. The van der Waals surface area contributed by atoms with Crippen molar-refractivity contribution in [3.8, 4) is 5.75 Å². The van der Waals surface area contributed by atoms with Gasteiger partial charge in [0.1, 0.15) is 17.4 Å². The van der Waals surface area contributed by atoms with Gasteiger partial charge < -0.3 is 15.0 Å². The van der Waals surface area contributed by atoms with E-state index in [-0.39, 0.29) is 24.0 Å². The zero-order valence-electron chi connectivity index (χ0n) is 13.7. The molecule has 0 fully saturated rings. The summed E-state index contributed by atoms with van der Waals surface area (Å²) in [4.78, 5) is 11.9. The highest BCUT2D eigenvalue weighted by Crippen LogP contribution is 2.10. The van der Waals surface area contributed by atoms with Gasteiger partial charge in [-0.05, 0) is 19.1 Å². The number of nitrogens with zero attached hydrogens (tertiary/aromatic N) is 3. The second-order valence-corrected chi connectivity index (χ2v) is 6.17. The molecule has 1 aromatic heterocycles. The second kappa shape index (κ2) is 10.4. The first-order valence-corrected chi connectivity index (χ1v) is 8.01. The Morgan fingerprint density at radius 3 is 2.70 bits per heavy atom. The number of benzene rings is 1. The summed E-state index contributed by atoms with van der Waals surface area (Å²) in [6.07, 6.45) is 1.89. The highest BCUT2D eigenvalue weighted by atomic mass is 127. The monoisotopic (exact) mass is 446 g/mol. The molecular weight excluding hydrogens is 423 g/mol. The van der Waals surface area contributed by atoms with Crippen molar-refractivity contribution in [2.24, 2.45) is 4.99 Å². The molecule has 2 rings (SSSR count). The van der Waals surface area contributed by atoms with Crippen molar-refractivity contribution in [3.05, 3.63) is 46.4 Å². The van der Waals surface area contributed by atoms with Crippen molar-refractivity contribution in [2.45, 2.75) is 13.5 Å². The molecule has 0 spiro atoms. The van der Waals surface area contributed by atoms with E-state index in [0.29, 0.717) is 13.2 Å². The summed E-state index contributed by atoms with van der Waals surface area (Å²) < 4.78 is 5.70. The van der Waals surface area contributed by atoms with Gasteiger partial charge in [-0.2, -0.15) is 0 Å². The lowest BCUT2D eigenvalue weighted by Crippen LogP contribution is -2.40.